The maximum Gasteiger partial charge on any atom is 0.272 e. The summed E-state index contributed by atoms with van der Waals surface area (Å²) in [6.45, 7) is 2.01. The molecule has 3 aromatic carbocycles. The molecule has 0 unspecified atom stereocenters. The Morgan fingerprint density at radius 3 is 1.97 bits per heavy atom. The molecule has 4 aromatic rings. The van der Waals surface area contributed by atoms with Gasteiger partial charge >= 0.3 is 0 Å². The van der Waals surface area contributed by atoms with Gasteiger partial charge in [-0.3, -0.25) is 25.0 Å². The van der Waals surface area contributed by atoms with Crippen LogP contribution in [-0.4, -0.2) is 56.6 Å². The maximum absolute atomic E-state index is 13.7. The zero-order chi connectivity index (χ0) is 26.8. The molecule has 0 atom stereocenters. The van der Waals surface area contributed by atoms with Gasteiger partial charge in [0.25, 0.3) is 17.3 Å². The Morgan fingerprint density at radius 1 is 0.789 bits per heavy atom. The number of anilines is 1. The third-order valence-electron chi connectivity index (χ3n) is 6.35. The van der Waals surface area contributed by atoms with Crippen molar-refractivity contribution in [1.82, 2.24) is 14.7 Å². The molecule has 0 spiro atoms. The average Bonchev–Trinajstić information content (AvgIpc) is 3.38. The molecule has 0 radical (unpaired) electrons. The number of hydrogen-bond acceptors (Lipinski definition) is 7. The van der Waals surface area contributed by atoms with Crippen molar-refractivity contribution in [3.63, 3.8) is 0 Å². The summed E-state index contributed by atoms with van der Waals surface area (Å²) in [5.41, 5.74) is 2.92. The van der Waals surface area contributed by atoms with Crippen LogP contribution in [0.2, 0.25) is 5.02 Å². The van der Waals surface area contributed by atoms with Gasteiger partial charge in [0.2, 0.25) is 0 Å². The van der Waals surface area contributed by atoms with Crippen LogP contribution in [-0.2, 0) is 0 Å². The number of non-ortho nitro benzene ring substituents is 2. The number of nitrogens with zero attached hydrogens (tertiary/aromatic N) is 6. The van der Waals surface area contributed by atoms with Crippen molar-refractivity contribution in [2.45, 2.75) is 0 Å². The number of halogens is 1. The van der Waals surface area contributed by atoms with Gasteiger partial charge in [0.15, 0.2) is 0 Å². The smallest absolute Gasteiger partial charge is 0.272 e. The van der Waals surface area contributed by atoms with E-state index < -0.39 is 9.85 Å². The van der Waals surface area contributed by atoms with Crippen LogP contribution in [0.5, 0.6) is 0 Å². The minimum absolute atomic E-state index is 0.0284. The zero-order valence-electron chi connectivity index (χ0n) is 19.9. The summed E-state index contributed by atoms with van der Waals surface area (Å²) >= 11 is 6.20. The van der Waals surface area contributed by atoms with Crippen molar-refractivity contribution in [2.75, 3.05) is 31.1 Å². The molecular weight excluding hydrogens is 512 g/mol. The third-order valence-corrected chi connectivity index (χ3v) is 6.58. The summed E-state index contributed by atoms with van der Waals surface area (Å²) in [6.07, 6.45) is 0. The fourth-order valence-corrected chi connectivity index (χ4v) is 4.53. The molecule has 1 aliphatic rings. The van der Waals surface area contributed by atoms with E-state index in [2.05, 4.69) is 10.00 Å². The summed E-state index contributed by atoms with van der Waals surface area (Å²) in [5, 5.41) is 27.1. The number of amides is 1. The van der Waals surface area contributed by atoms with E-state index in [-0.39, 0.29) is 17.3 Å². The molecule has 2 heterocycles. The number of nitro groups is 2. The number of hydrogen-bond donors (Lipinski definition) is 0. The molecule has 0 saturated carbocycles. The van der Waals surface area contributed by atoms with Crippen molar-refractivity contribution >= 4 is 34.6 Å². The minimum atomic E-state index is -0.473. The Hall–Kier alpha value is -4.77. The fourth-order valence-electron chi connectivity index (χ4n) is 4.35. The first-order valence-electron chi connectivity index (χ1n) is 11.7. The predicted octanol–water partition coefficient (Wildman–Crippen LogP) is 4.97. The topological polar surface area (TPSA) is 128 Å². The van der Waals surface area contributed by atoms with E-state index in [1.807, 2.05) is 0 Å². The second-order valence-corrected chi connectivity index (χ2v) is 9.10. The van der Waals surface area contributed by atoms with Crippen molar-refractivity contribution in [1.29, 1.82) is 0 Å². The molecule has 1 amide bonds. The first-order valence-corrected chi connectivity index (χ1v) is 12.1. The summed E-state index contributed by atoms with van der Waals surface area (Å²) in [6, 6.07) is 21.0. The molecule has 1 fully saturated rings. The van der Waals surface area contributed by atoms with Crippen molar-refractivity contribution in [2.24, 2.45) is 0 Å². The molecule has 1 saturated heterocycles. The lowest BCUT2D eigenvalue weighted by Crippen LogP contribution is -2.49. The summed E-state index contributed by atoms with van der Waals surface area (Å²) in [4.78, 5) is 38.5. The van der Waals surface area contributed by atoms with Gasteiger partial charge in [-0.05, 0) is 48.5 Å². The molecule has 0 bridgehead atoms. The molecule has 0 aliphatic carbocycles. The number of carbonyl (C=O) groups excluding carboxylic acids is 1. The minimum Gasteiger partial charge on any atom is -0.368 e. The van der Waals surface area contributed by atoms with E-state index in [9.17, 15) is 25.0 Å². The van der Waals surface area contributed by atoms with Gasteiger partial charge in [-0.1, -0.05) is 17.7 Å². The van der Waals surface area contributed by atoms with Gasteiger partial charge in [-0.25, -0.2) is 4.68 Å². The Morgan fingerprint density at radius 2 is 1.39 bits per heavy atom. The molecule has 12 heteroatoms. The van der Waals surface area contributed by atoms with Crippen LogP contribution < -0.4 is 4.90 Å². The van der Waals surface area contributed by atoms with Gasteiger partial charge in [0.05, 0.1) is 21.2 Å². The lowest BCUT2D eigenvalue weighted by molar-refractivity contribution is -0.385. The molecule has 192 valence electrons. The highest BCUT2D eigenvalue weighted by Crippen LogP contribution is 2.27. The van der Waals surface area contributed by atoms with E-state index in [4.69, 9.17) is 11.6 Å². The average molecular weight is 533 g/mol. The first-order chi connectivity index (χ1) is 18.3. The van der Waals surface area contributed by atoms with E-state index in [0.717, 1.165) is 5.69 Å². The van der Waals surface area contributed by atoms with Gasteiger partial charge < -0.3 is 9.80 Å². The summed E-state index contributed by atoms with van der Waals surface area (Å²) in [5.74, 6) is -0.214. The second kappa shape index (κ2) is 10.3. The number of rotatable bonds is 6. The van der Waals surface area contributed by atoms with Crippen LogP contribution in [0, 0.1) is 20.2 Å². The lowest BCUT2D eigenvalue weighted by atomic mass is 10.1. The van der Waals surface area contributed by atoms with Gasteiger partial charge in [-0.15, -0.1) is 0 Å². The highest BCUT2D eigenvalue weighted by atomic mass is 35.5. The van der Waals surface area contributed by atoms with Gasteiger partial charge in [-0.2, -0.15) is 5.10 Å². The number of nitro benzene ring substituents is 2. The van der Waals surface area contributed by atoms with Crippen molar-refractivity contribution in [3.05, 3.63) is 110 Å². The second-order valence-electron chi connectivity index (χ2n) is 8.66. The molecule has 11 nitrogen and oxygen atoms in total. The number of carbonyl (C=O) groups is 1. The standard InChI is InChI=1S/C26H21ClN6O5/c27-19-2-1-3-23(16-19)31-25(17-24(28-31)18-4-6-21(7-5-18)32(35)36)26(34)30-14-12-29(13-15-30)20-8-10-22(11-9-20)33(37)38/h1-11,16-17H,12-15H2. The number of piperazine rings is 1. The largest absolute Gasteiger partial charge is 0.368 e. The van der Waals surface area contributed by atoms with Gasteiger partial charge in [0, 0.05) is 66.7 Å². The van der Waals surface area contributed by atoms with Crippen LogP contribution >= 0.6 is 11.6 Å². The van der Waals surface area contributed by atoms with Crippen LogP contribution in [0.1, 0.15) is 10.5 Å². The van der Waals surface area contributed by atoms with Gasteiger partial charge in [0.1, 0.15) is 5.69 Å². The van der Waals surface area contributed by atoms with Crippen molar-refractivity contribution in [3.8, 4) is 16.9 Å². The Balaban J connectivity index is 1.40. The van der Waals surface area contributed by atoms with Crippen LogP contribution in [0.4, 0.5) is 17.1 Å². The third kappa shape index (κ3) is 5.04. The Bertz CT molecular complexity index is 1510. The summed E-state index contributed by atoms with van der Waals surface area (Å²) in [7, 11) is 0. The molecule has 38 heavy (non-hydrogen) atoms. The summed E-state index contributed by atoms with van der Waals surface area (Å²) < 4.78 is 1.54. The molecule has 1 aliphatic heterocycles. The predicted molar refractivity (Wildman–Crippen MR) is 142 cm³/mol. The quantitative estimate of drug-likeness (QED) is 0.253. The lowest BCUT2D eigenvalue weighted by Gasteiger charge is -2.36. The fraction of sp³-hybridized carbons (Fsp3) is 0.154. The highest BCUT2D eigenvalue weighted by Gasteiger charge is 2.27. The Labute approximate surface area is 221 Å². The molecular formula is C26H21ClN6O5. The molecule has 0 N–H and O–H groups in total. The monoisotopic (exact) mass is 532 g/mol. The number of aromatic nitrogens is 2. The van der Waals surface area contributed by atoms with E-state index in [0.29, 0.717) is 53.8 Å². The highest BCUT2D eigenvalue weighted by molar-refractivity contribution is 6.30. The maximum atomic E-state index is 13.7. The molecule has 5 rings (SSSR count). The van der Waals surface area contributed by atoms with E-state index >= 15 is 0 Å². The van der Waals surface area contributed by atoms with Crippen LogP contribution in [0.3, 0.4) is 0 Å². The SMILES string of the molecule is O=C(c1cc(-c2ccc([N+](=O)[O-])cc2)nn1-c1cccc(Cl)c1)N1CCN(c2ccc([N+](=O)[O-])cc2)CC1. The normalized spacial score (nSPS) is 13.4. The van der Waals surface area contributed by atoms with E-state index in [1.54, 1.807) is 59.5 Å². The zero-order valence-corrected chi connectivity index (χ0v) is 20.7. The van der Waals surface area contributed by atoms with E-state index in [1.165, 1.54) is 28.9 Å². The number of benzene rings is 3. The van der Waals surface area contributed by atoms with Crippen LogP contribution in [0.15, 0.2) is 78.9 Å². The van der Waals surface area contributed by atoms with Crippen LogP contribution in [0.25, 0.3) is 16.9 Å². The first kappa shape index (κ1) is 24.9. The Kier molecular flexibility index (Phi) is 6.75. The molecule has 1 aromatic heterocycles. The van der Waals surface area contributed by atoms with Crippen molar-refractivity contribution < 1.29 is 14.6 Å².